The lowest BCUT2D eigenvalue weighted by Crippen LogP contribution is -2.27. The van der Waals surface area contributed by atoms with E-state index in [2.05, 4.69) is 6.07 Å². The molecule has 0 fully saturated rings. The van der Waals surface area contributed by atoms with Crippen molar-refractivity contribution in [3.63, 3.8) is 0 Å². The van der Waals surface area contributed by atoms with E-state index in [1.165, 1.54) is 6.92 Å². The molecule has 0 saturated heterocycles. The molecule has 2 atom stereocenters. The topological polar surface area (TPSA) is 52.3 Å². The first-order valence-electron chi connectivity index (χ1n) is 6.29. The van der Waals surface area contributed by atoms with Crippen LogP contribution >= 0.6 is 0 Å². The van der Waals surface area contributed by atoms with Crippen molar-refractivity contribution in [3.05, 3.63) is 59.7 Å². The lowest BCUT2D eigenvalue weighted by Gasteiger charge is -2.32. The fourth-order valence-electron chi connectivity index (χ4n) is 2.70. The van der Waals surface area contributed by atoms with Crippen molar-refractivity contribution >= 4 is 5.97 Å². The van der Waals surface area contributed by atoms with Gasteiger partial charge in [-0.05, 0) is 16.7 Å². The Morgan fingerprint density at radius 1 is 1.00 bits per heavy atom. The van der Waals surface area contributed by atoms with Crippen LogP contribution in [0.4, 0.5) is 0 Å². The fourth-order valence-corrected chi connectivity index (χ4v) is 2.70. The van der Waals surface area contributed by atoms with E-state index >= 15 is 0 Å². The van der Waals surface area contributed by atoms with Crippen molar-refractivity contribution in [1.82, 2.24) is 0 Å². The first-order valence-corrected chi connectivity index (χ1v) is 6.29. The highest BCUT2D eigenvalue weighted by Gasteiger charge is 2.32. The van der Waals surface area contributed by atoms with Gasteiger partial charge in [0.2, 0.25) is 0 Å². The van der Waals surface area contributed by atoms with Gasteiger partial charge in [0.1, 0.15) is 6.10 Å². The molecule has 0 unspecified atom stereocenters. The molecule has 2 N–H and O–H groups in total. The molecular formula is C16H15NO2. The highest BCUT2D eigenvalue weighted by molar-refractivity contribution is 5.75. The minimum atomic E-state index is -0.413. The highest BCUT2D eigenvalue weighted by Crippen LogP contribution is 2.44. The molecule has 0 bridgehead atoms. The summed E-state index contributed by atoms with van der Waals surface area (Å²) in [5.41, 5.74) is 10.5. The molecule has 19 heavy (non-hydrogen) atoms. The summed E-state index contributed by atoms with van der Waals surface area (Å²) >= 11 is 0. The van der Waals surface area contributed by atoms with Gasteiger partial charge in [-0.25, -0.2) is 0 Å². The number of carbonyl (C=O) groups excluding carboxylic acids is 1. The van der Waals surface area contributed by atoms with Crippen LogP contribution in [-0.4, -0.2) is 5.97 Å². The van der Waals surface area contributed by atoms with E-state index in [0.29, 0.717) is 0 Å². The molecule has 3 nitrogen and oxygen atoms in total. The number of hydrogen-bond donors (Lipinski definition) is 1. The Balaban J connectivity index is 2.20. The highest BCUT2D eigenvalue weighted by atomic mass is 16.5. The molecule has 0 heterocycles. The Morgan fingerprint density at radius 2 is 1.53 bits per heavy atom. The van der Waals surface area contributed by atoms with Crippen molar-refractivity contribution in [2.24, 2.45) is 5.73 Å². The van der Waals surface area contributed by atoms with E-state index < -0.39 is 6.10 Å². The summed E-state index contributed by atoms with van der Waals surface area (Å²) in [6.45, 7) is 1.41. The summed E-state index contributed by atoms with van der Waals surface area (Å²) in [5.74, 6) is -0.311. The van der Waals surface area contributed by atoms with Crippen molar-refractivity contribution in [1.29, 1.82) is 0 Å². The smallest absolute Gasteiger partial charge is 0.303 e. The molecule has 2 aromatic carbocycles. The van der Waals surface area contributed by atoms with Crippen LogP contribution in [-0.2, 0) is 9.53 Å². The second-order valence-electron chi connectivity index (χ2n) is 4.73. The molecule has 0 spiro atoms. The van der Waals surface area contributed by atoms with E-state index in [4.69, 9.17) is 10.5 Å². The van der Waals surface area contributed by atoms with E-state index in [1.54, 1.807) is 0 Å². The van der Waals surface area contributed by atoms with Crippen LogP contribution in [0.5, 0.6) is 0 Å². The summed E-state index contributed by atoms with van der Waals surface area (Å²) < 4.78 is 5.42. The molecule has 1 aliphatic rings. The maximum atomic E-state index is 11.3. The van der Waals surface area contributed by atoms with Gasteiger partial charge in [-0.1, -0.05) is 48.5 Å². The van der Waals surface area contributed by atoms with Gasteiger partial charge in [-0.3, -0.25) is 4.79 Å². The van der Waals surface area contributed by atoms with Crippen LogP contribution in [0.2, 0.25) is 0 Å². The van der Waals surface area contributed by atoms with E-state index in [9.17, 15) is 4.79 Å². The van der Waals surface area contributed by atoms with Crippen molar-refractivity contribution in [2.75, 3.05) is 0 Å². The molecular weight excluding hydrogens is 238 g/mol. The fraction of sp³-hybridized carbons (Fsp3) is 0.188. The van der Waals surface area contributed by atoms with Crippen LogP contribution in [0.1, 0.15) is 30.2 Å². The number of nitrogens with two attached hydrogens (primary N) is 1. The third-order valence-corrected chi connectivity index (χ3v) is 3.50. The van der Waals surface area contributed by atoms with Crippen molar-refractivity contribution in [2.45, 2.75) is 19.1 Å². The Labute approximate surface area is 112 Å². The average molecular weight is 253 g/mol. The standard InChI is InChI=1S/C16H15NO2/c1-10(18)19-16-14-9-5-3-7-12(14)11-6-2-4-8-13(11)15(16)17/h2-9,15-16H,17H2,1H3/t15-,16-/m0/s1. The molecule has 1 aliphatic carbocycles. The van der Waals surface area contributed by atoms with Gasteiger partial charge in [0.05, 0.1) is 6.04 Å². The van der Waals surface area contributed by atoms with Crippen LogP contribution in [0.25, 0.3) is 11.1 Å². The quantitative estimate of drug-likeness (QED) is 0.795. The largest absolute Gasteiger partial charge is 0.456 e. The third kappa shape index (κ3) is 1.92. The molecule has 0 aliphatic heterocycles. The second-order valence-corrected chi connectivity index (χ2v) is 4.73. The molecule has 3 rings (SSSR count). The van der Waals surface area contributed by atoms with Gasteiger partial charge in [0.15, 0.2) is 0 Å². The zero-order chi connectivity index (χ0) is 13.4. The average Bonchev–Trinajstić information content (AvgIpc) is 2.43. The number of carbonyl (C=O) groups is 1. The van der Waals surface area contributed by atoms with Gasteiger partial charge in [0, 0.05) is 12.5 Å². The number of fused-ring (bicyclic) bond motifs is 3. The van der Waals surface area contributed by atoms with Crippen molar-refractivity contribution < 1.29 is 9.53 Å². The molecule has 0 aromatic heterocycles. The SMILES string of the molecule is CC(=O)O[C@H]1c2ccccc2-c2ccccc2[C@@H]1N. The number of rotatable bonds is 1. The van der Waals surface area contributed by atoms with Gasteiger partial charge < -0.3 is 10.5 Å². The predicted molar refractivity (Wildman–Crippen MR) is 73.3 cm³/mol. The Bertz CT molecular complexity index is 636. The van der Waals surface area contributed by atoms with E-state index in [1.807, 2.05) is 42.5 Å². The normalized spacial score (nSPS) is 20.3. The first kappa shape index (κ1) is 11.9. The van der Waals surface area contributed by atoms with Gasteiger partial charge in [-0.2, -0.15) is 0 Å². The summed E-state index contributed by atoms with van der Waals surface area (Å²) in [6, 6.07) is 15.6. The van der Waals surface area contributed by atoms with Gasteiger partial charge in [0.25, 0.3) is 0 Å². The molecule has 0 saturated carbocycles. The lowest BCUT2D eigenvalue weighted by atomic mass is 9.81. The zero-order valence-corrected chi connectivity index (χ0v) is 10.7. The van der Waals surface area contributed by atoms with Crippen LogP contribution in [0.15, 0.2) is 48.5 Å². The van der Waals surface area contributed by atoms with Crippen LogP contribution in [0.3, 0.4) is 0 Å². The van der Waals surface area contributed by atoms with Crippen molar-refractivity contribution in [3.8, 4) is 11.1 Å². The van der Waals surface area contributed by atoms with Crippen LogP contribution in [0, 0.1) is 0 Å². The number of hydrogen-bond acceptors (Lipinski definition) is 3. The summed E-state index contributed by atoms with van der Waals surface area (Å²) in [6.07, 6.45) is -0.413. The first-order chi connectivity index (χ1) is 9.18. The predicted octanol–water partition coefficient (Wildman–Crippen LogP) is 2.97. The molecule has 2 aromatic rings. The Morgan fingerprint density at radius 3 is 2.16 bits per heavy atom. The molecule has 96 valence electrons. The van der Waals surface area contributed by atoms with Gasteiger partial charge in [-0.15, -0.1) is 0 Å². The molecule has 0 radical (unpaired) electrons. The molecule has 3 heteroatoms. The molecule has 0 amide bonds. The van der Waals surface area contributed by atoms with Crippen LogP contribution < -0.4 is 5.73 Å². The third-order valence-electron chi connectivity index (χ3n) is 3.50. The maximum Gasteiger partial charge on any atom is 0.303 e. The van der Waals surface area contributed by atoms with E-state index in [0.717, 1.165) is 22.3 Å². The Kier molecular flexibility index (Phi) is 2.84. The summed E-state index contributed by atoms with van der Waals surface area (Å²) in [7, 11) is 0. The van der Waals surface area contributed by atoms with Gasteiger partial charge >= 0.3 is 5.97 Å². The summed E-state index contributed by atoms with van der Waals surface area (Å²) in [5, 5.41) is 0. The number of ether oxygens (including phenoxy) is 1. The second kappa shape index (κ2) is 4.52. The Hall–Kier alpha value is -2.13. The maximum absolute atomic E-state index is 11.3. The van der Waals surface area contributed by atoms with E-state index in [-0.39, 0.29) is 12.0 Å². The zero-order valence-electron chi connectivity index (χ0n) is 10.7. The number of benzene rings is 2. The minimum Gasteiger partial charge on any atom is -0.456 e. The summed E-state index contributed by atoms with van der Waals surface area (Å²) in [4.78, 5) is 11.3. The minimum absolute atomic E-state index is 0.311. The lowest BCUT2D eigenvalue weighted by molar-refractivity contribution is -0.148. The monoisotopic (exact) mass is 253 g/mol. The number of esters is 1.